The van der Waals surface area contributed by atoms with Crippen molar-refractivity contribution in [3.05, 3.63) is 65.0 Å². The van der Waals surface area contributed by atoms with Gasteiger partial charge in [-0.3, -0.25) is 0 Å². The fourth-order valence-corrected chi connectivity index (χ4v) is 2.96. The summed E-state index contributed by atoms with van der Waals surface area (Å²) in [5.74, 6) is -0.0994. The lowest BCUT2D eigenvalue weighted by Crippen LogP contribution is -2.03. The molecule has 3 rings (SSSR count). The Bertz CT molecular complexity index is 810. The molecule has 0 spiro atoms. The maximum Gasteiger partial charge on any atom is 0.175 e. The van der Waals surface area contributed by atoms with E-state index in [2.05, 4.69) is 15.3 Å². The van der Waals surface area contributed by atoms with Crippen molar-refractivity contribution in [3.8, 4) is 5.82 Å². The molecular weight excluding hydrogens is 318 g/mol. The normalized spacial score (nSPS) is 11.0. The monoisotopic (exact) mass is 332 g/mol. The summed E-state index contributed by atoms with van der Waals surface area (Å²) in [7, 11) is 0. The second-order valence-electron chi connectivity index (χ2n) is 5.14. The Hall–Kier alpha value is -2.28. The van der Waals surface area contributed by atoms with Gasteiger partial charge in [-0.1, -0.05) is 11.8 Å². The van der Waals surface area contributed by atoms with E-state index in [4.69, 9.17) is 0 Å². The van der Waals surface area contributed by atoms with Crippen LogP contribution in [0, 0.1) is 25.5 Å². The zero-order valence-corrected chi connectivity index (χ0v) is 13.4. The lowest BCUT2D eigenvalue weighted by atomic mass is 10.2. The minimum absolute atomic E-state index is 0.419. The molecular formula is C16H14F2N4S. The van der Waals surface area contributed by atoms with Gasteiger partial charge in [0.05, 0.1) is 5.69 Å². The summed E-state index contributed by atoms with van der Waals surface area (Å²) < 4.78 is 28.0. The molecule has 1 aromatic carbocycles. The third-order valence-electron chi connectivity index (χ3n) is 3.16. The molecule has 118 valence electrons. The highest BCUT2D eigenvalue weighted by Crippen LogP contribution is 2.22. The number of hydrogen-bond donors (Lipinski definition) is 0. The molecule has 0 amide bonds. The van der Waals surface area contributed by atoms with Crippen LogP contribution >= 0.6 is 11.8 Å². The standard InChI is InChI=1S/C16H14F2N4S/c1-10-5-11(2)22(21-10)15-3-4-16(20-19-15)23-9-12-6-13(17)8-14(18)7-12/h3-8H,9H2,1-2H3. The van der Waals surface area contributed by atoms with Crippen molar-refractivity contribution in [1.82, 2.24) is 20.0 Å². The van der Waals surface area contributed by atoms with Crippen molar-refractivity contribution in [2.75, 3.05) is 0 Å². The smallest absolute Gasteiger partial charge is 0.175 e. The molecule has 2 heterocycles. The van der Waals surface area contributed by atoms with Gasteiger partial charge in [0.2, 0.25) is 0 Å². The highest BCUT2D eigenvalue weighted by Gasteiger charge is 2.07. The predicted molar refractivity (Wildman–Crippen MR) is 84.5 cm³/mol. The number of halogens is 2. The minimum Gasteiger partial charge on any atom is -0.218 e. The molecule has 23 heavy (non-hydrogen) atoms. The molecule has 0 fully saturated rings. The van der Waals surface area contributed by atoms with Crippen molar-refractivity contribution >= 4 is 11.8 Å². The number of thioether (sulfide) groups is 1. The zero-order chi connectivity index (χ0) is 16.4. The SMILES string of the molecule is Cc1cc(C)n(-c2ccc(SCc3cc(F)cc(F)c3)nn2)n1. The molecule has 4 nitrogen and oxygen atoms in total. The average Bonchev–Trinajstić information content (AvgIpc) is 2.83. The number of aromatic nitrogens is 4. The predicted octanol–water partition coefficient (Wildman–Crippen LogP) is 3.85. The second kappa shape index (κ2) is 6.45. The van der Waals surface area contributed by atoms with Crippen LogP contribution in [0.1, 0.15) is 17.0 Å². The quantitative estimate of drug-likeness (QED) is 0.681. The van der Waals surface area contributed by atoms with Crippen LogP contribution in [0.15, 0.2) is 41.4 Å². The van der Waals surface area contributed by atoms with Crippen molar-refractivity contribution in [2.45, 2.75) is 24.6 Å². The molecule has 3 aromatic rings. The highest BCUT2D eigenvalue weighted by molar-refractivity contribution is 7.98. The fourth-order valence-electron chi connectivity index (χ4n) is 2.22. The minimum atomic E-state index is -0.577. The van der Waals surface area contributed by atoms with E-state index in [0.717, 1.165) is 17.5 Å². The maximum absolute atomic E-state index is 13.1. The first-order valence-corrected chi connectivity index (χ1v) is 7.95. The van der Waals surface area contributed by atoms with Crippen LogP contribution in [0.5, 0.6) is 0 Å². The Labute approximate surface area is 136 Å². The Morgan fingerprint density at radius 2 is 1.74 bits per heavy atom. The zero-order valence-electron chi connectivity index (χ0n) is 12.6. The van der Waals surface area contributed by atoms with Crippen LogP contribution in [-0.4, -0.2) is 20.0 Å². The van der Waals surface area contributed by atoms with Crippen LogP contribution < -0.4 is 0 Å². The van der Waals surface area contributed by atoms with Gasteiger partial charge < -0.3 is 0 Å². The van der Waals surface area contributed by atoms with E-state index in [0.29, 0.717) is 22.2 Å². The molecule has 2 aromatic heterocycles. The van der Waals surface area contributed by atoms with Crippen LogP contribution in [0.2, 0.25) is 0 Å². The molecule has 0 aliphatic heterocycles. The Morgan fingerprint density at radius 3 is 2.30 bits per heavy atom. The fraction of sp³-hybridized carbons (Fsp3) is 0.188. The van der Waals surface area contributed by atoms with E-state index < -0.39 is 11.6 Å². The van der Waals surface area contributed by atoms with Crippen molar-refractivity contribution in [1.29, 1.82) is 0 Å². The van der Waals surface area contributed by atoms with Gasteiger partial charge in [-0.25, -0.2) is 13.5 Å². The molecule has 0 saturated carbocycles. The average molecular weight is 332 g/mol. The van der Waals surface area contributed by atoms with Crippen LogP contribution in [0.3, 0.4) is 0 Å². The Morgan fingerprint density at radius 1 is 1.00 bits per heavy atom. The van der Waals surface area contributed by atoms with Gasteiger partial charge in [-0.2, -0.15) is 5.10 Å². The van der Waals surface area contributed by atoms with Crippen molar-refractivity contribution < 1.29 is 8.78 Å². The van der Waals surface area contributed by atoms with Crippen molar-refractivity contribution in [3.63, 3.8) is 0 Å². The molecule has 0 unspecified atom stereocenters. The van der Waals surface area contributed by atoms with E-state index in [9.17, 15) is 8.78 Å². The molecule has 7 heteroatoms. The summed E-state index contributed by atoms with van der Waals surface area (Å²) in [6.45, 7) is 3.86. The Kier molecular flexibility index (Phi) is 4.38. The summed E-state index contributed by atoms with van der Waals surface area (Å²) in [5, 5.41) is 13.3. The summed E-state index contributed by atoms with van der Waals surface area (Å²) in [5.41, 5.74) is 2.46. The van der Waals surface area contributed by atoms with Crippen LogP contribution in [-0.2, 0) is 5.75 Å². The van der Waals surface area contributed by atoms with E-state index in [1.54, 1.807) is 4.68 Å². The number of rotatable bonds is 4. The highest BCUT2D eigenvalue weighted by atomic mass is 32.2. The first-order valence-electron chi connectivity index (χ1n) is 6.96. The van der Waals surface area contributed by atoms with Gasteiger partial charge >= 0.3 is 0 Å². The molecule has 0 saturated heterocycles. The third kappa shape index (κ3) is 3.73. The lowest BCUT2D eigenvalue weighted by Gasteiger charge is -2.04. The summed E-state index contributed by atoms with van der Waals surface area (Å²) in [6.07, 6.45) is 0. The molecule has 0 bridgehead atoms. The van der Waals surface area contributed by atoms with Crippen molar-refractivity contribution in [2.24, 2.45) is 0 Å². The summed E-state index contributed by atoms with van der Waals surface area (Å²) in [4.78, 5) is 0. The molecule has 0 N–H and O–H groups in total. The van der Waals surface area contributed by atoms with E-state index in [1.165, 1.54) is 23.9 Å². The van der Waals surface area contributed by atoms with Crippen LogP contribution in [0.25, 0.3) is 5.82 Å². The number of benzene rings is 1. The first kappa shape index (κ1) is 15.6. The topological polar surface area (TPSA) is 43.6 Å². The van der Waals surface area contributed by atoms with Gasteiger partial charge in [-0.05, 0) is 49.7 Å². The third-order valence-corrected chi connectivity index (χ3v) is 4.15. The number of aryl methyl sites for hydroxylation is 2. The first-order chi connectivity index (χ1) is 11.0. The van der Waals surface area contributed by atoms with E-state index in [-0.39, 0.29) is 0 Å². The summed E-state index contributed by atoms with van der Waals surface area (Å²) >= 11 is 1.37. The van der Waals surface area contributed by atoms with E-state index >= 15 is 0 Å². The van der Waals surface area contributed by atoms with Gasteiger partial charge in [0.1, 0.15) is 16.7 Å². The summed E-state index contributed by atoms with van der Waals surface area (Å²) in [6, 6.07) is 9.08. The van der Waals surface area contributed by atoms with E-state index in [1.807, 2.05) is 32.0 Å². The van der Waals surface area contributed by atoms with Gasteiger partial charge in [0.15, 0.2) is 5.82 Å². The molecule has 0 radical (unpaired) electrons. The second-order valence-corrected chi connectivity index (χ2v) is 6.13. The molecule has 0 aliphatic carbocycles. The van der Waals surface area contributed by atoms with Gasteiger partial charge in [0, 0.05) is 17.5 Å². The van der Waals surface area contributed by atoms with Gasteiger partial charge in [0.25, 0.3) is 0 Å². The number of hydrogen-bond acceptors (Lipinski definition) is 4. The lowest BCUT2D eigenvalue weighted by molar-refractivity contribution is 0.581. The number of nitrogens with zero attached hydrogens (tertiary/aromatic N) is 4. The largest absolute Gasteiger partial charge is 0.218 e. The van der Waals surface area contributed by atoms with Gasteiger partial charge in [-0.15, -0.1) is 10.2 Å². The molecule has 0 aliphatic rings. The van der Waals surface area contributed by atoms with Crippen LogP contribution in [0.4, 0.5) is 8.78 Å². The maximum atomic E-state index is 13.1. The Balaban J connectivity index is 1.71. The molecule has 0 atom stereocenters.